The topological polar surface area (TPSA) is 38.7 Å². The first-order chi connectivity index (χ1) is 12.2. The summed E-state index contributed by atoms with van der Waals surface area (Å²) in [7, 11) is -2.84. The summed E-state index contributed by atoms with van der Waals surface area (Å²) >= 11 is 0. The van der Waals surface area contributed by atoms with Crippen LogP contribution in [0.15, 0.2) is 96.2 Å². The fourth-order valence-electron chi connectivity index (χ4n) is 2.86. The van der Waals surface area contributed by atoms with Gasteiger partial charge in [-0.15, -0.1) is 5.16 Å². The van der Waals surface area contributed by atoms with Gasteiger partial charge in [-0.1, -0.05) is 91.0 Å². The smallest absolute Gasteiger partial charge is 0.380 e. The van der Waals surface area contributed by atoms with Crippen LogP contribution in [0.5, 0.6) is 0 Å². The van der Waals surface area contributed by atoms with Crippen LogP contribution >= 0.6 is 0 Å². The molecule has 0 atom stereocenters. The summed E-state index contributed by atoms with van der Waals surface area (Å²) in [5.74, 6) is -0.142. The molecular formula is C21H19NO2Si. The first-order valence-corrected chi connectivity index (χ1v) is 10.0. The van der Waals surface area contributed by atoms with Crippen LogP contribution in [-0.2, 0) is 9.32 Å². The summed E-state index contributed by atoms with van der Waals surface area (Å²) < 4.78 is 6.19. The second-order valence-corrected chi connectivity index (χ2v) is 8.99. The average Bonchev–Trinajstić information content (AvgIpc) is 2.67. The predicted octanol–water partition coefficient (Wildman–Crippen LogP) is 2.24. The Balaban J connectivity index is 2.25. The summed E-state index contributed by atoms with van der Waals surface area (Å²) in [6.45, 7) is 1.46. The third kappa shape index (κ3) is 3.59. The minimum Gasteiger partial charge on any atom is -0.438 e. The van der Waals surface area contributed by atoms with Crippen LogP contribution < -0.4 is 15.6 Å². The second-order valence-electron chi connectivity index (χ2n) is 5.72. The summed E-state index contributed by atoms with van der Waals surface area (Å²) in [5, 5.41) is 7.29. The van der Waals surface area contributed by atoms with Gasteiger partial charge in [0, 0.05) is 6.92 Å². The van der Waals surface area contributed by atoms with Crippen LogP contribution in [0.25, 0.3) is 0 Å². The number of carbonyl (C=O) groups is 1. The molecule has 0 amide bonds. The fraction of sp³-hybridized carbons (Fsp3) is 0.0476. The van der Waals surface area contributed by atoms with E-state index in [4.69, 9.17) is 4.53 Å². The van der Waals surface area contributed by atoms with Crippen molar-refractivity contribution in [2.75, 3.05) is 0 Å². The third-order valence-corrected chi connectivity index (χ3v) is 7.78. The van der Waals surface area contributed by atoms with Gasteiger partial charge in [0.05, 0.1) is 0 Å². The van der Waals surface area contributed by atoms with E-state index in [-0.39, 0.29) is 5.78 Å². The van der Waals surface area contributed by atoms with Crippen molar-refractivity contribution < 1.29 is 9.32 Å². The molecule has 0 aliphatic rings. The number of rotatable bonds is 6. The molecule has 0 saturated heterocycles. The molecule has 0 heterocycles. The van der Waals surface area contributed by atoms with E-state index < -0.39 is 8.32 Å². The normalized spacial score (nSPS) is 11.4. The zero-order chi connectivity index (χ0) is 17.5. The molecule has 3 nitrogen and oxygen atoms in total. The molecule has 0 bridgehead atoms. The monoisotopic (exact) mass is 345 g/mol. The fourth-order valence-corrected chi connectivity index (χ4v) is 6.37. The van der Waals surface area contributed by atoms with E-state index in [2.05, 4.69) is 41.6 Å². The van der Waals surface area contributed by atoms with E-state index >= 15 is 0 Å². The van der Waals surface area contributed by atoms with Gasteiger partial charge < -0.3 is 4.53 Å². The SMILES string of the molecule is CC(=O)/C=N/O[Si](c1ccccc1)(c1ccccc1)c1ccccc1. The zero-order valence-electron chi connectivity index (χ0n) is 14.0. The second kappa shape index (κ2) is 7.72. The first kappa shape index (κ1) is 16.9. The maximum absolute atomic E-state index is 11.3. The van der Waals surface area contributed by atoms with E-state index in [9.17, 15) is 4.79 Å². The predicted molar refractivity (Wildman–Crippen MR) is 104 cm³/mol. The van der Waals surface area contributed by atoms with E-state index in [1.807, 2.05) is 54.6 Å². The minimum absolute atomic E-state index is 0.142. The Morgan fingerprint density at radius 2 is 1.12 bits per heavy atom. The van der Waals surface area contributed by atoms with Crippen molar-refractivity contribution in [3.8, 4) is 0 Å². The molecule has 124 valence electrons. The van der Waals surface area contributed by atoms with Crippen LogP contribution in [-0.4, -0.2) is 20.3 Å². The van der Waals surface area contributed by atoms with Gasteiger partial charge in [0.25, 0.3) is 0 Å². The van der Waals surface area contributed by atoms with Crippen molar-refractivity contribution in [2.45, 2.75) is 6.92 Å². The number of hydrogen-bond donors (Lipinski definition) is 0. The molecule has 0 radical (unpaired) electrons. The number of benzene rings is 3. The summed E-state index contributed by atoms with van der Waals surface area (Å²) in [4.78, 5) is 11.3. The van der Waals surface area contributed by atoms with Crippen LogP contribution in [0.2, 0.25) is 0 Å². The van der Waals surface area contributed by atoms with Crippen molar-refractivity contribution in [3.63, 3.8) is 0 Å². The molecule has 0 aliphatic carbocycles. The number of carbonyl (C=O) groups excluding carboxylic acids is 1. The maximum Gasteiger partial charge on any atom is 0.380 e. The number of Topliss-reactive ketones (excluding diaryl/α,β-unsaturated/α-hetero) is 1. The molecule has 0 saturated carbocycles. The molecule has 0 fully saturated rings. The Morgan fingerprint density at radius 3 is 1.44 bits per heavy atom. The van der Waals surface area contributed by atoms with Gasteiger partial charge in [-0.2, -0.15) is 0 Å². The standard InChI is InChI=1S/C21H19NO2Si/c1-18(23)17-22-24-25(19-11-5-2-6-12-19,20-13-7-3-8-14-20)21-15-9-4-10-16-21/h2-17H,1H3/b22-17+. The highest BCUT2D eigenvalue weighted by Gasteiger charge is 2.44. The van der Waals surface area contributed by atoms with E-state index in [1.54, 1.807) is 0 Å². The van der Waals surface area contributed by atoms with Crippen molar-refractivity contribution in [2.24, 2.45) is 5.16 Å². The highest BCUT2D eigenvalue weighted by molar-refractivity contribution is 7.07. The van der Waals surface area contributed by atoms with Crippen LogP contribution in [0, 0.1) is 0 Å². The van der Waals surface area contributed by atoms with Gasteiger partial charge in [-0.25, -0.2) is 0 Å². The number of hydrogen-bond acceptors (Lipinski definition) is 3. The average molecular weight is 345 g/mol. The van der Waals surface area contributed by atoms with E-state index in [0.29, 0.717) is 0 Å². The summed E-state index contributed by atoms with van der Waals surface area (Å²) in [5.41, 5.74) is 0. The minimum atomic E-state index is -2.84. The lowest BCUT2D eigenvalue weighted by molar-refractivity contribution is -0.110. The van der Waals surface area contributed by atoms with Gasteiger partial charge in [-0.05, 0) is 15.6 Å². The molecule has 25 heavy (non-hydrogen) atoms. The molecule has 0 aliphatic heterocycles. The van der Waals surface area contributed by atoms with Gasteiger partial charge >= 0.3 is 8.32 Å². The quantitative estimate of drug-likeness (QED) is 0.297. The molecule has 0 N–H and O–H groups in total. The van der Waals surface area contributed by atoms with E-state index in [0.717, 1.165) is 15.6 Å². The number of oxime groups is 1. The Kier molecular flexibility index (Phi) is 5.21. The van der Waals surface area contributed by atoms with Crippen LogP contribution in [0.4, 0.5) is 0 Å². The lowest BCUT2D eigenvalue weighted by Crippen LogP contribution is -2.68. The van der Waals surface area contributed by atoms with Crippen LogP contribution in [0.3, 0.4) is 0 Å². The van der Waals surface area contributed by atoms with Crippen molar-refractivity contribution >= 4 is 35.9 Å². The lowest BCUT2D eigenvalue weighted by Gasteiger charge is -2.29. The summed E-state index contributed by atoms with van der Waals surface area (Å²) in [6.07, 6.45) is 1.23. The van der Waals surface area contributed by atoms with Crippen LogP contribution in [0.1, 0.15) is 6.92 Å². The molecule has 3 aromatic rings. The lowest BCUT2D eigenvalue weighted by atomic mass is 10.3. The van der Waals surface area contributed by atoms with Crippen molar-refractivity contribution in [3.05, 3.63) is 91.0 Å². The molecular weight excluding hydrogens is 326 g/mol. The maximum atomic E-state index is 11.3. The molecule has 0 aromatic heterocycles. The highest BCUT2D eigenvalue weighted by atomic mass is 28.4. The van der Waals surface area contributed by atoms with Crippen molar-refractivity contribution in [1.29, 1.82) is 0 Å². The largest absolute Gasteiger partial charge is 0.438 e. The molecule has 3 aromatic carbocycles. The Morgan fingerprint density at radius 1 is 0.760 bits per heavy atom. The Bertz CT molecular complexity index is 752. The van der Waals surface area contributed by atoms with Gasteiger partial charge in [0.1, 0.15) is 6.21 Å². The molecule has 4 heteroatoms. The third-order valence-electron chi connectivity index (χ3n) is 3.97. The Hall–Kier alpha value is -2.98. The highest BCUT2D eigenvalue weighted by Crippen LogP contribution is 2.10. The molecule has 0 spiro atoms. The zero-order valence-corrected chi connectivity index (χ0v) is 15.0. The van der Waals surface area contributed by atoms with Gasteiger partial charge in [0.2, 0.25) is 0 Å². The van der Waals surface area contributed by atoms with Crippen molar-refractivity contribution in [1.82, 2.24) is 0 Å². The first-order valence-electron chi connectivity index (χ1n) is 8.12. The summed E-state index contributed by atoms with van der Waals surface area (Å²) in [6, 6.07) is 30.3. The van der Waals surface area contributed by atoms with Gasteiger partial charge in [-0.3, -0.25) is 4.79 Å². The number of nitrogens with zero attached hydrogens (tertiary/aromatic N) is 1. The molecule has 0 unspecified atom stereocenters. The Labute approximate surface area is 148 Å². The molecule has 3 rings (SSSR count). The van der Waals surface area contributed by atoms with E-state index in [1.165, 1.54) is 13.1 Å². The number of ketones is 1. The van der Waals surface area contributed by atoms with Gasteiger partial charge in [0.15, 0.2) is 5.78 Å².